The smallest absolute Gasteiger partial charge is 0.259 e. The summed E-state index contributed by atoms with van der Waals surface area (Å²) >= 11 is 10.3. The van der Waals surface area contributed by atoms with Gasteiger partial charge in [0.05, 0.1) is 18.4 Å². The van der Waals surface area contributed by atoms with Crippen molar-refractivity contribution in [3.8, 4) is 0 Å². The lowest BCUT2D eigenvalue weighted by atomic mass is 10.2. The molecule has 0 radical (unpaired) electrons. The van der Waals surface area contributed by atoms with Gasteiger partial charge in [-0.25, -0.2) is 5.43 Å². The van der Waals surface area contributed by atoms with E-state index >= 15 is 0 Å². The number of carbonyl (C=O) groups excluding carboxylic acids is 1. The van der Waals surface area contributed by atoms with Gasteiger partial charge in [0.2, 0.25) is 0 Å². The molecule has 5 nitrogen and oxygen atoms in total. The summed E-state index contributed by atoms with van der Waals surface area (Å²) in [5.41, 5.74) is 5.34. The van der Waals surface area contributed by atoms with Crippen molar-refractivity contribution < 1.29 is 4.79 Å². The second-order valence-electron chi connectivity index (χ2n) is 5.38. The summed E-state index contributed by atoms with van der Waals surface area (Å²) in [7, 11) is 3.97. The number of hydrogen-bond acceptors (Lipinski definition) is 4. The fourth-order valence-electron chi connectivity index (χ4n) is 1.96. The van der Waals surface area contributed by atoms with Crippen molar-refractivity contribution in [1.29, 1.82) is 0 Å². The number of nitrogens with zero attached hydrogens (tertiary/aromatic N) is 2. The molecule has 0 fully saturated rings. The summed E-state index contributed by atoms with van der Waals surface area (Å²) < 4.78 is 2.64. The highest BCUT2D eigenvalue weighted by atomic mass is 79.9. The molecule has 2 N–H and O–H groups in total. The van der Waals surface area contributed by atoms with Crippen LogP contribution in [0.1, 0.15) is 5.56 Å². The van der Waals surface area contributed by atoms with Crippen molar-refractivity contribution in [2.75, 3.05) is 30.9 Å². The molecular formula is C17H17Br3N4O. The van der Waals surface area contributed by atoms with Crippen molar-refractivity contribution in [3.05, 3.63) is 55.4 Å². The first-order valence-corrected chi connectivity index (χ1v) is 9.72. The van der Waals surface area contributed by atoms with Crippen LogP contribution in [0.3, 0.4) is 0 Å². The first-order chi connectivity index (χ1) is 11.9. The summed E-state index contributed by atoms with van der Waals surface area (Å²) in [5, 5.41) is 7.05. The third-order valence-electron chi connectivity index (χ3n) is 3.24. The lowest BCUT2D eigenvalue weighted by Crippen LogP contribution is -2.26. The van der Waals surface area contributed by atoms with E-state index in [1.807, 2.05) is 55.4 Å². The number of benzene rings is 2. The number of rotatable bonds is 6. The highest BCUT2D eigenvalue weighted by molar-refractivity contribution is 9.11. The molecule has 0 saturated carbocycles. The molecule has 1 amide bonds. The maximum Gasteiger partial charge on any atom is 0.259 e. The van der Waals surface area contributed by atoms with Crippen molar-refractivity contribution in [3.63, 3.8) is 0 Å². The Morgan fingerprint density at radius 1 is 1.12 bits per heavy atom. The number of nitrogens with one attached hydrogen (secondary N) is 2. The normalized spacial score (nSPS) is 10.8. The molecule has 0 heterocycles. The van der Waals surface area contributed by atoms with Gasteiger partial charge in [-0.15, -0.1) is 0 Å². The fraction of sp³-hybridized carbons (Fsp3) is 0.176. The van der Waals surface area contributed by atoms with Gasteiger partial charge in [0.25, 0.3) is 5.91 Å². The fourth-order valence-corrected chi connectivity index (χ4v) is 4.50. The predicted octanol–water partition coefficient (Wildman–Crippen LogP) is 4.60. The SMILES string of the molecule is CN(C)c1ccc(/C=N\NC(=O)CNc2c(Br)cc(Br)cc2Br)cc1. The molecule has 0 aliphatic carbocycles. The average Bonchev–Trinajstić information content (AvgIpc) is 2.54. The van der Waals surface area contributed by atoms with E-state index in [2.05, 4.69) is 63.6 Å². The Kier molecular flexibility index (Phi) is 7.46. The number of hydrazone groups is 1. The lowest BCUT2D eigenvalue weighted by Gasteiger charge is -2.11. The number of halogens is 3. The van der Waals surface area contributed by atoms with Crippen LogP contribution in [0.2, 0.25) is 0 Å². The zero-order valence-electron chi connectivity index (χ0n) is 13.7. The Balaban J connectivity index is 1.86. The van der Waals surface area contributed by atoms with E-state index < -0.39 is 0 Å². The molecule has 2 aromatic carbocycles. The quantitative estimate of drug-likeness (QED) is 0.422. The Bertz CT molecular complexity index is 753. The lowest BCUT2D eigenvalue weighted by molar-refractivity contribution is -0.119. The minimum absolute atomic E-state index is 0.107. The van der Waals surface area contributed by atoms with Gasteiger partial charge >= 0.3 is 0 Å². The summed E-state index contributed by atoms with van der Waals surface area (Å²) in [6.45, 7) is 0.107. The van der Waals surface area contributed by atoms with Gasteiger partial charge in [-0.1, -0.05) is 28.1 Å². The van der Waals surface area contributed by atoms with Crippen LogP contribution in [-0.2, 0) is 4.79 Å². The average molecular weight is 533 g/mol. The van der Waals surface area contributed by atoms with E-state index in [0.717, 1.165) is 30.4 Å². The molecule has 0 saturated heterocycles. The van der Waals surface area contributed by atoms with Crippen LogP contribution in [-0.4, -0.2) is 32.8 Å². The maximum atomic E-state index is 11.9. The Labute approximate surface area is 172 Å². The number of amides is 1. The van der Waals surface area contributed by atoms with Gasteiger partial charge in [0.1, 0.15) is 0 Å². The van der Waals surface area contributed by atoms with Crippen LogP contribution < -0.4 is 15.6 Å². The van der Waals surface area contributed by atoms with Gasteiger partial charge in [0, 0.05) is 33.2 Å². The number of hydrogen-bond donors (Lipinski definition) is 2. The van der Waals surface area contributed by atoms with Crippen LogP contribution in [0.15, 0.2) is 54.9 Å². The summed E-state index contributed by atoms with van der Waals surface area (Å²) in [6, 6.07) is 11.7. The summed E-state index contributed by atoms with van der Waals surface area (Å²) in [6.07, 6.45) is 1.61. The Morgan fingerprint density at radius 3 is 2.28 bits per heavy atom. The van der Waals surface area contributed by atoms with Gasteiger partial charge in [-0.2, -0.15) is 5.10 Å². The zero-order chi connectivity index (χ0) is 18.4. The minimum atomic E-state index is -0.233. The molecule has 8 heteroatoms. The Morgan fingerprint density at radius 2 is 1.72 bits per heavy atom. The molecular weight excluding hydrogens is 516 g/mol. The van der Waals surface area contributed by atoms with Crippen LogP contribution >= 0.6 is 47.8 Å². The van der Waals surface area contributed by atoms with Crippen molar-refractivity contribution >= 4 is 71.3 Å². The van der Waals surface area contributed by atoms with Crippen molar-refractivity contribution in [2.24, 2.45) is 5.10 Å². The maximum absolute atomic E-state index is 11.9. The van der Waals surface area contributed by atoms with E-state index in [9.17, 15) is 4.79 Å². The highest BCUT2D eigenvalue weighted by Gasteiger charge is 2.08. The first-order valence-electron chi connectivity index (χ1n) is 7.34. The molecule has 25 heavy (non-hydrogen) atoms. The summed E-state index contributed by atoms with van der Waals surface area (Å²) in [5.74, 6) is -0.233. The molecule has 0 atom stereocenters. The van der Waals surface area contributed by atoms with Crippen molar-refractivity contribution in [1.82, 2.24) is 5.43 Å². The molecule has 0 bridgehead atoms. The van der Waals surface area contributed by atoms with E-state index in [-0.39, 0.29) is 12.5 Å². The van der Waals surface area contributed by atoms with Crippen LogP contribution in [0.5, 0.6) is 0 Å². The van der Waals surface area contributed by atoms with E-state index in [1.54, 1.807) is 6.21 Å². The van der Waals surface area contributed by atoms with Crippen LogP contribution in [0, 0.1) is 0 Å². The number of carbonyl (C=O) groups is 1. The van der Waals surface area contributed by atoms with Crippen LogP contribution in [0.4, 0.5) is 11.4 Å². The molecule has 0 unspecified atom stereocenters. The molecule has 132 valence electrons. The zero-order valence-corrected chi connectivity index (χ0v) is 18.4. The molecule has 0 aromatic heterocycles. The van der Waals surface area contributed by atoms with E-state index in [1.165, 1.54) is 0 Å². The first kappa shape index (κ1) is 19.9. The summed E-state index contributed by atoms with van der Waals surface area (Å²) in [4.78, 5) is 13.9. The second-order valence-corrected chi connectivity index (χ2v) is 8.00. The third kappa shape index (κ3) is 6.13. The molecule has 2 aromatic rings. The van der Waals surface area contributed by atoms with Gasteiger partial charge in [-0.05, 0) is 61.7 Å². The predicted molar refractivity (Wildman–Crippen MR) is 115 cm³/mol. The standard InChI is InChI=1S/C17H17Br3N4O/c1-24(2)13-5-3-11(4-6-13)9-22-23-16(25)10-21-17-14(19)7-12(18)8-15(17)20/h3-9,21H,10H2,1-2H3,(H,23,25)/b22-9-. The second kappa shape index (κ2) is 9.35. The van der Waals surface area contributed by atoms with Crippen LogP contribution in [0.25, 0.3) is 0 Å². The topological polar surface area (TPSA) is 56.7 Å². The highest BCUT2D eigenvalue weighted by Crippen LogP contribution is 2.34. The van der Waals surface area contributed by atoms with Gasteiger partial charge < -0.3 is 10.2 Å². The van der Waals surface area contributed by atoms with Gasteiger partial charge in [0.15, 0.2) is 0 Å². The molecule has 0 aliphatic rings. The largest absolute Gasteiger partial charge is 0.378 e. The third-order valence-corrected chi connectivity index (χ3v) is 4.95. The monoisotopic (exact) mass is 530 g/mol. The molecule has 0 spiro atoms. The molecule has 2 rings (SSSR count). The van der Waals surface area contributed by atoms with Gasteiger partial charge in [-0.3, -0.25) is 4.79 Å². The minimum Gasteiger partial charge on any atom is -0.378 e. The van der Waals surface area contributed by atoms with Crippen molar-refractivity contribution in [2.45, 2.75) is 0 Å². The van der Waals surface area contributed by atoms with E-state index in [4.69, 9.17) is 0 Å². The number of anilines is 2. The Hall–Kier alpha value is -1.38. The van der Waals surface area contributed by atoms with E-state index in [0.29, 0.717) is 0 Å². The molecule has 0 aliphatic heterocycles.